The molecule has 0 unspecified atom stereocenters. The number of hydrogen-bond acceptors (Lipinski definition) is 2. The normalized spacial score (nSPS) is 27.1. The van der Waals surface area contributed by atoms with E-state index in [9.17, 15) is 5.11 Å². The van der Waals surface area contributed by atoms with Crippen LogP contribution in [-0.2, 0) is 4.74 Å². The Morgan fingerprint density at radius 3 is 2.73 bits per heavy atom. The van der Waals surface area contributed by atoms with Crippen LogP contribution in [0.1, 0.15) is 24.8 Å². The lowest BCUT2D eigenvalue weighted by Crippen LogP contribution is -2.26. The maximum atomic E-state index is 9.51. The highest BCUT2D eigenvalue weighted by molar-refractivity contribution is 5.20. The molecule has 0 spiro atoms. The van der Waals surface area contributed by atoms with Crippen LogP contribution in [0.15, 0.2) is 42.7 Å². The zero-order chi connectivity index (χ0) is 10.7. The van der Waals surface area contributed by atoms with Crippen molar-refractivity contribution in [3.8, 4) is 0 Å². The van der Waals surface area contributed by atoms with Crippen LogP contribution >= 0.6 is 0 Å². The molecule has 1 aliphatic heterocycles. The molecule has 0 saturated carbocycles. The van der Waals surface area contributed by atoms with E-state index in [1.807, 2.05) is 18.2 Å². The van der Waals surface area contributed by atoms with E-state index >= 15 is 0 Å². The number of rotatable bonds is 2. The largest absolute Gasteiger partial charge is 0.498 e. The summed E-state index contributed by atoms with van der Waals surface area (Å²) in [6.07, 6.45) is 3.68. The molecular formula is C13H16O2. The highest BCUT2D eigenvalue weighted by atomic mass is 16.5. The molecule has 2 rings (SSSR count). The van der Waals surface area contributed by atoms with Gasteiger partial charge in [-0.2, -0.15) is 0 Å². The third-order valence-electron chi connectivity index (χ3n) is 2.91. The Hall–Kier alpha value is -1.28. The van der Waals surface area contributed by atoms with Gasteiger partial charge in [-0.3, -0.25) is 0 Å². The van der Waals surface area contributed by atoms with Gasteiger partial charge in [-0.1, -0.05) is 37.3 Å². The smallest absolute Gasteiger partial charge is 0.107 e. The Labute approximate surface area is 90.2 Å². The Bertz CT molecular complexity index is 332. The highest BCUT2D eigenvalue weighted by Crippen LogP contribution is 2.26. The van der Waals surface area contributed by atoms with Crippen LogP contribution in [0.2, 0.25) is 0 Å². The molecular weight excluding hydrogens is 188 g/mol. The zero-order valence-corrected chi connectivity index (χ0v) is 8.84. The fourth-order valence-corrected chi connectivity index (χ4v) is 1.90. The fraction of sp³-hybridized carbons (Fsp3) is 0.385. The van der Waals surface area contributed by atoms with Gasteiger partial charge in [-0.15, -0.1) is 0 Å². The van der Waals surface area contributed by atoms with Crippen molar-refractivity contribution in [1.82, 2.24) is 0 Å². The topological polar surface area (TPSA) is 29.5 Å². The van der Waals surface area contributed by atoms with Gasteiger partial charge < -0.3 is 9.84 Å². The summed E-state index contributed by atoms with van der Waals surface area (Å²) in [5.41, 5.74) is 1.25. The van der Waals surface area contributed by atoms with Crippen LogP contribution in [-0.4, -0.2) is 17.3 Å². The summed E-state index contributed by atoms with van der Waals surface area (Å²) in [5.74, 6) is 0.311. The predicted molar refractivity (Wildman–Crippen MR) is 59.5 cm³/mol. The first kappa shape index (κ1) is 10.2. The molecule has 1 heterocycles. The lowest BCUT2D eigenvalue weighted by atomic mass is 9.91. The summed E-state index contributed by atoms with van der Waals surface area (Å²) in [5, 5.41) is 9.51. The minimum atomic E-state index is -0.366. The molecule has 0 aromatic heterocycles. The lowest BCUT2D eigenvalue weighted by molar-refractivity contribution is 0.0502. The van der Waals surface area contributed by atoms with E-state index in [-0.39, 0.29) is 12.2 Å². The molecule has 15 heavy (non-hydrogen) atoms. The van der Waals surface area contributed by atoms with Crippen molar-refractivity contribution in [3.63, 3.8) is 0 Å². The summed E-state index contributed by atoms with van der Waals surface area (Å²) < 4.78 is 5.52. The van der Waals surface area contributed by atoms with Gasteiger partial charge in [0.15, 0.2) is 0 Å². The molecule has 80 valence electrons. The minimum Gasteiger partial charge on any atom is -0.498 e. The van der Waals surface area contributed by atoms with Crippen molar-refractivity contribution in [2.24, 2.45) is 0 Å². The van der Waals surface area contributed by atoms with Gasteiger partial charge in [0.1, 0.15) is 6.10 Å². The molecule has 0 radical (unpaired) electrons. The third-order valence-corrected chi connectivity index (χ3v) is 2.91. The van der Waals surface area contributed by atoms with Crippen LogP contribution in [0.5, 0.6) is 0 Å². The summed E-state index contributed by atoms with van der Waals surface area (Å²) in [7, 11) is 0. The monoisotopic (exact) mass is 204 g/mol. The summed E-state index contributed by atoms with van der Waals surface area (Å²) in [6.45, 7) is 2.13. The number of ether oxygens (including phenoxy) is 1. The maximum Gasteiger partial charge on any atom is 0.107 e. The second-order valence-corrected chi connectivity index (χ2v) is 4.01. The van der Waals surface area contributed by atoms with Gasteiger partial charge in [-0.05, 0) is 11.6 Å². The van der Waals surface area contributed by atoms with Crippen molar-refractivity contribution >= 4 is 0 Å². The van der Waals surface area contributed by atoms with E-state index in [2.05, 4.69) is 19.1 Å². The van der Waals surface area contributed by atoms with E-state index in [1.165, 1.54) is 5.56 Å². The van der Waals surface area contributed by atoms with Crippen LogP contribution in [0.4, 0.5) is 0 Å². The van der Waals surface area contributed by atoms with Gasteiger partial charge >= 0.3 is 0 Å². The third kappa shape index (κ3) is 2.39. The van der Waals surface area contributed by atoms with Crippen molar-refractivity contribution < 1.29 is 9.84 Å². The molecule has 1 N–H and O–H groups in total. The average Bonchev–Trinajstić information content (AvgIpc) is 2.29. The SMILES string of the molecule is C[C@H](c1ccccc1)[C@H]1C[C@H](O)C=CO1. The zero-order valence-electron chi connectivity index (χ0n) is 8.84. The van der Waals surface area contributed by atoms with Gasteiger partial charge in [0, 0.05) is 12.3 Å². The van der Waals surface area contributed by atoms with Crippen LogP contribution in [0.25, 0.3) is 0 Å². The first-order valence-corrected chi connectivity index (χ1v) is 5.32. The summed E-state index contributed by atoms with van der Waals surface area (Å²) >= 11 is 0. The Morgan fingerprint density at radius 2 is 2.07 bits per heavy atom. The molecule has 2 heteroatoms. The molecule has 3 atom stereocenters. The highest BCUT2D eigenvalue weighted by Gasteiger charge is 2.24. The number of aliphatic hydroxyl groups is 1. The first-order chi connectivity index (χ1) is 7.27. The summed E-state index contributed by atoms with van der Waals surface area (Å²) in [6, 6.07) is 10.3. The number of hydrogen-bond donors (Lipinski definition) is 1. The second-order valence-electron chi connectivity index (χ2n) is 4.01. The molecule has 1 aliphatic rings. The van der Waals surface area contributed by atoms with Gasteiger partial charge in [0.2, 0.25) is 0 Å². The minimum absolute atomic E-state index is 0.0763. The molecule has 0 saturated heterocycles. The van der Waals surface area contributed by atoms with Gasteiger partial charge in [-0.25, -0.2) is 0 Å². The maximum absolute atomic E-state index is 9.51. The van der Waals surface area contributed by atoms with Crippen LogP contribution < -0.4 is 0 Å². The fourth-order valence-electron chi connectivity index (χ4n) is 1.90. The molecule has 1 aromatic carbocycles. The van der Waals surface area contributed by atoms with E-state index < -0.39 is 0 Å². The van der Waals surface area contributed by atoms with E-state index in [4.69, 9.17) is 4.74 Å². The molecule has 0 amide bonds. The second kappa shape index (κ2) is 4.49. The average molecular weight is 204 g/mol. The molecule has 2 nitrogen and oxygen atoms in total. The van der Waals surface area contributed by atoms with Gasteiger partial charge in [0.25, 0.3) is 0 Å². The van der Waals surface area contributed by atoms with Crippen LogP contribution in [0.3, 0.4) is 0 Å². The lowest BCUT2D eigenvalue weighted by Gasteiger charge is -2.28. The molecule has 0 bridgehead atoms. The Kier molecular flexibility index (Phi) is 3.07. The van der Waals surface area contributed by atoms with Crippen molar-refractivity contribution in [2.75, 3.05) is 0 Å². The van der Waals surface area contributed by atoms with Crippen molar-refractivity contribution in [1.29, 1.82) is 0 Å². The quantitative estimate of drug-likeness (QED) is 0.801. The van der Waals surface area contributed by atoms with E-state index in [0.717, 1.165) is 0 Å². The number of aliphatic hydroxyl groups excluding tert-OH is 1. The molecule has 0 fully saturated rings. The van der Waals surface area contributed by atoms with Crippen LogP contribution in [0, 0.1) is 0 Å². The molecule has 0 aliphatic carbocycles. The predicted octanol–water partition coefficient (Wildman–Crippen LogP) is 2.45. The molecule has 1 aromatic rings. The first-order valence-electron chi connectivity index (χ1n) is 5.32. The standard InChI is InChI=1S/C13H16O2/c1-10(11-5-3-2-4-6-11)13-9-12(14)7-8-15-13/h2-8,10,12-14H,9H2,1H3/t10-,12-,13-/m1/s1. The Morgan fingerprint density at radius 1 is 1.33 bits per heavy atom. The number of benzene rings is 1. The Balaban J connectivity index is 2.08. The van der Waals surface area contributed by atoms with Gasteiger partial charge in [0.05, 0.1) is 12.4 Å². The van der Waals surface area contributed by atoms with E-state index in [0.29, 0.717) is 12.3 Å². The summed E-state index contributed by atoms with van der Waals surface area (Å²) in [4.78, 5) is 0. The van der Waals surface area contributed by atoms with Crippen molar-refractivity contribution in [2.45, 2.75) is 31.5 Å². The van der Waals surface area contributed by atoms with Crippen molar-refractivity contribution in [3.05, 3.63) is 48.2 Å². The van der Waals surface area contributed by atoms with E-state index in [1.54, 1.807) is 12.3 Å².